The highest BCUT2D eigenvalue weighted by atomic mass is 16.5. The Kier molecular flexibility index (Phi) is 5.02. The van der Waals surface area contributed by atoms with Crippen molar-refractivity contribution in [3.05, 3.63) is 59.9 Å². The van der Waals surface area contributed by atoms with Crippen LogP contribution in [0.15, 0.2) is 47.4 Å². The van der Waals surface area contributed by atoms with Gasteiger partial charge in [-0.25, -0.2) is 14.8 Å². The van der Waals surface area contributed by atoms with Gasteiger partial charge in [-0.15, -0.1) is 0 Å². The third-order valence-electron chi connectivity index (χ3n) is 7.39. The van der Waals surface area contributed by atoms with Gasteiger partial charge in [-0.05, 0) is 63.3 Å². The van der Waals surface area contributed by atoms with E-state index in [0.29, 0.717) is 36.3 Å². The lowest BCUT2D eigenvalue weighted by molar-refractivity contribution is -0.135. The van der Waals surface area contributed by atoms with E-state index < -0.39 is 0 Å². The minimum absolute atomic E-state index is 0. The number of carbonyl (C=O) groups is 2. The molecule has 1 atom stereocenters. The van der Waals surface area contributed by atoms with E-state index >= 15 is 0 Å². The summed E-state index contributed by atoms with van der Waals surface area (Å²) in [6, 6.07) is 8.93. The van der Waals surface area contributed by atoms with Gasteiger partial charge < -0.3 is 14.2 Å². The number of anilines is 1. The first-order valence-electron chi connectivity index (χ1n) is 12.7. The lowest BCUT2D eigenvalue weighted by Crippen LogP contribution is -2.43. The Morgan fingerprint density at radius 1 is 1.14 bits per heavy atom. The SMILES string of the molecule is C[C@H]1Cc2c(ncnc2Oc2ccc3c(ccn3C(=O)Nc3cc(C4CC4)on3)c2)CN1C(=O)C1CC1.[HH]. The first-order valence-corrected chi connectivity index (χ1v) is 12.7. The zero-order valence-corrected chi connectivity index (χ0v) is 20.4. The molecule has 0 unspecified atom stereocenters. The summed E-state index contributed by atoms with van der Waals surface area (Å²) < 4.78 is 13.1. The van der Waals surface area contributed by atoms with Crippen LogP contribution in [-0.4, -0.2) is 42.6 Å². The molecule has 37 heavy (non-hydrogen) atoms. The Morgan fingerprint density at radius 3 is 2.81 bits per heavy atom. The summed E-state index contributed by atoms with van der Waals surface area (Å²) in [7, 11) is 0. The predicted molar refractivity (Wildman–Crippen MR) is 135 cm³/mol. The summed E-state index contributed by atoms with van der Waals surface area (Å²) in [5, 5.41) is 7.61. The number of carbonyl (C=O) groups excluding carboxylic acids is 2. The van der Waals surface area contributed by atoms with Gasteiger partial charge in [0.1, 0.15) is 17.8 Å². The highest BCUT2D eigenvalue weighted by molar-refractivity contribution is 5.98. The Bertz CT molecular complexity index is 1540. The summed E-state index contributed by atoms with van der Waals surface area (Å²) in [6.45, 7) is 2.54. The van der Waals surface area contributed by atoms with E-state index in [-0.39, 0.29) is 25.3 Å². The number of hydrogen-bond acceptors (Lipinski definition) is 7. The Morgan fingerprint density at radius 2 is 2.00 bits per heavy atom. The van der Waals surface area contributed by atoms with Crippen molar-refractivity contribution in [2.75, 3.05) is 5.32 Å². The van der Waals surface area contributed by atoms with E-state index in [4.69, 9.17) is 9.26 Å². The number of ether oxygens (including phenoxy) is 1. The molecule has 1 N–H and O–H groups in total. The molecule has 2 fully saturated rings. The molecule has 7 rings (SSSR count). The number of rotatable bonds is 5. The van der Waals surface area contributed by atoms with E-state index in [9.17, 15) is 9.59 Å². The van der Waals surface area contributed by atoms with Crippen molar-refractivity contribution in [3.8, 4) is 11.6 Å². The highest BCUT2D eigenvalue weighted by Gasteiger charge is 2.38. The highest BCUT2D eigenvalue weighted by Crippen LogP contribution is 2.41. The van der Waals surface area contributed by atoms with Crippen molar-refractivity contribution >= 4 is 28.7 Å². The molecule has 190 valence electrons. The molecule has 0 spiro atoms. The molecular weight excluding hydrogens is 472 g/mol. The number of aromatic nitrogens is 4. The Hall–Kier alpha value is -4.21. The molecule has 2 aliphatic carbocycles. The zero-order valence-electron chi connectivity index (χ0n) is 20.4. The van der Waals surface area contributed by atoms with Crippen molar-refractivity contribution in [1.82, 2.24) is 24.6 Å². The summed E-state index contributed by atoms with van der Waals surface area (Å²) >= 11 is 0. The lowest BCUT2D eigenvalue weighted by Gasteiger charge is -2.34. The van der Waals surface area contributed by atoms with Crippen LogP contribution < -0.4 is 10.1 Å². The maximum absolute atomic E-state index is 12.9. The number of nitrogens with one attached hydrogen (secondary N) is 1. The van der Waals surface area contributed by atoms with Crippen LogP contribution in [0.4, 0.5) is 10.6 Å². The van der Waals surface area contributed by atoms with Crippen molar-refractivity contribution < 1.29 is 20.3 Å². The van der Waals surface area contributed by atoms with Crippen molar-refractivity contribution in [2.45, 2.75) is 57.5 Å². The average molecular weight is 501 g/mol. The minimum Gasteiger partial charge on any atom is -0.439 e. The smallest absolute Gasteiger partial charge is 0.331 e. The molecular formula is C27H28N6O4. The second kappa shape index (κ2) is 8.43. The second-order valence-electron chi connectivity index (χ2n) is 10.2. The van der Waals surface area contributed by atoms with Crippen LogP contribution in [0, 0.1) is 5.92 Å². The van der Waals surface area contributed by atoms with Crippen molar-refractivity contribution in [2.24, 2.45) is 5.92 Å². The molecule has 0 saturated heterocycles. The molecule has 3 aromatic heterocycles. The summed E-state index contributed by atoms with van der Waals surface area (Å²) in [5.74, 6) is 3.18. The van der Waals surface area contributed by atoms with Crippen LogP contribution in [0.5, 0.6) is 11.6 Å². The predicted octanol–water partition coefficient (Wildman–Crippen LogP) is 5.10. The molecule has 4 heterocycles. The van der Waals surface area contributed by atoms with E-state index in [1.165, 1.54) is 10.9 Å². The van der Waals surface area contributed by atoms with Gasteiger partial charge in [0, 0.05) is 42.5 Å². The van der Waals surface area contributed by atoms with Crippen LogP contribution in [0.1, 0.15) is 57.0 Å². The fourth-order valence-corrected chi connectivity index (χ4v) is 4.99. The molecule has 10 heteroatoms. The quantitative estimate of drug-likeness (QED) is 0.405. The van der Waals surface area contributed by atoms with E-state index in [1.807, 2.05) is 29.2 Å². The molecule has 0 radical (unpaired) electrons. The number of fused-ring (bicyclic) bond motifs is 2. The fourth-order valence-electron chi connectivity index (χ4n) is 4.99. The minimum atomic E-state index is -0.316. The Balaban J connectivity index is 0.00000264. The van der Waals surface area contributed by atoms with Crippen molar-refractivity contribution in [1.29, 1.82) is 0 Å². The van der Waals surface area contributed by atoms with Crippen LogP contribution in [0.2, 0.25) is 0 Å². The molecule has 1 aromatic carbocycles. The van der Waals surface area contributed by atoms with Crippen LogP contribution >= 0.6 is 0 Å². The maximum Gasteiger partial charge on any atom is 0.331 e. The monoisotopic (exact) mass is 500 g/mol. The maximum atomic E-state index is 12.9. The second-order valence-corrected chi connectivity index (χ2v) is 10.2. The first-order chi connectivity index (χ1) is 18.0. The molecule has 10 nitrogen and oxygen atoms in total. The topological polar surface area (TPSA) is 115 Å². The first kappa shape index (κ1) is 22.0. The van der Waals surface area contributed by atoms with Gasteiger partial charge in [0.15, 0.2) is 5.82 Å². The fraction of sp³-hybridized carbons (Fsp3) is 0.370. The van der Waals surface area contributed by atoms with Crippen LogP contribution in [-0.2, 0) is 17.8 Å². The third-order valence-corrected chi connectivity index (χ3v) is 7.39. The summed E-state index contributed by atoms with van der Waals surface area (Å²) in [4.78, 5) is 36.3. The summed E-state index contributed by atoms with van der Waals surface area (Å²) in [5.41, 5.74) is 2.51. The average Bonchev–Trinajstić information content (AvgIpc) is 3.83. The standard InChI is InChI=1S/C27H26N6O4.H2/c1-15-10-20-21(13-33(15)26(34)17-4-5-17)28-14-29-25(20)36-19-6-7-22-18(11-19)8-9-32(22)27(35)30-24-12-23(37-31-24)16-2-3-16;/h6-9,11-12,14-17H,2-5,10,13H2,1H3,(H,30,31,35);1H/t15-;/m0./s1. The molecule has 4 aromatic rings. The molecule has 2 amide bonds. The van der Waals surface area contributed by atoms with E-state index in [2.05, 4.69) is 27.4 Å². The van der Waals surface area contributed by atoms with Crippen molar-refractivity contribution in [3.63, 3.8) is 0 Å². The molecule has 1 aliphatic heterocycles. The van der Waals surface area contributed by atoms with Gasteiger partial charge >= 0.3 is 6.03 Å². The van der Waals surface area contributed by atoms with Gasteiger partial charge in [0.05, 0.1) is 17.8 Å². The van der Waals surface area contributed by atoms with E-state index in [1.54, 1.807) is 12.3 Å². The van der Waals surface area contributed by atoms with Gasteiger partial charge in [-0.3, -0.25) is 14.7 Å². The van der Waals surface area contributed by atoms with Gasteiger partial charge in [-0.2, -0.15) is 0 Å². The summed E-state index contributed by atoms with van der Waals surface area (Å²) in [6.07, 6.45) is 8.02. The molecule has 3 aliphatic rings. The van der Waals surface area contributed by atoms with Crippen LogP contribution in [0.3, 0.4) is 0 Å². The number of benzene rings is 1. The molecule has 2 saturated carbocycles. The van der Waals surface area contributed by atoms with Gasteiger partial charge in [0.2, 0.25) is 11.8 Å². The van der Waals surface area contributed by atoms with Gasteiger partial charge in [0.25, 0.3) is 0 Å². The molecule has 0 bridgehead atoms. The van der Waals surface area contributed by atoms with Gasteiger partial charge in [-0.1, -0.05) is 5.16 Å². The Labute approximate surface area is 214 Å². The zero-order chi connectivity index (χ0) is 25.1. The largest absolute Gasteiger partial charge is 0.439 e. The number of amides is 2. The third kappa shape index (κ3) is 4.12. The number of nitrogens with zero attached hydrogens (tertiary/aromatic N) is 5. The van der Waals surface area contributed by atoms with Crippen LogP contribution in [0.25, 0.3) is 10.9 Å². The van der Waals surface area contributed by atoms with E-state index in [0.717, 1.165) is 53.6 Å². The normalized spacial score (nSPS) is 19.1. The number of hydrogen-bond donors (Lipinski definition) is 1. The lowest BCUT2D eigenvalue weighted by atomic mass is 9.99.